The van der Waals surface area contributed by atoms with Crippen molar-refractivity contribution in [3.05, 3.63) is 94.5 Å². The van der Waals surface area contributed by atoms with Crippen LogP contribution in [-0.4, -0.2) is 49.0 Å². The van der Waals surface area contributed by atoms with E-state index in [0.29, 0.717) is 54.0 Å². The van der Waals surface area contributed by atoms with Crippen molar-refractivity contribution in [2.75, 3.05) is 13.2 Å². The van der Waals surface area contributed by atoms with Crippen molar-refractivity contribution < 1.29 is 42.9 Å². The van der Waals surface area contributed by atoms with Crippen LogP contribution < -0.4 is 20.5 Å². The van der Waals surface area contributed by atoms with E-state index >= 15 is 0 Å². The van der Waals surface area contributed by atoms with E-state index in [1.165, 1.54) is 19.9 Å². The first-order valence-electron chi connectivity index (χ1n) is 14.2. The SMILES string of the molecule is CCOC(=O)C(CCCCN)NC(=O)c1ccc2c(c1)C(=O)OC2(c1ccc(OC(C)=O)cc1)c1ccc(OC(C)=O)cc1. The minimum absolute atomic E-state index is 0.153. The highest BCUT2D eigenvalue weighted by atomic mass is 16.6. The zero-order chi connectivity index (χ0) is 31.9. The van der Waals surface area contributed by atoms with Gasteiger partial charge in [0, 0.05) is 36.1 Å². The molecule has 0 saturated carbocycles. The number of carbonyl (C=O) groups is 5. The summed E-state index contributed by atoms with van der Waals surface area (Å²) in [7, 11) is 0. The van der Waals surface area contributed by atoms with E-state index in [9.17, 15) is 24.0 Å². The molecule has 1 unspecified atom stereocenters. The van der Waals surface area contributed by atoms with Crippen LogP contribution in [0.5, 0.6) is 11.5 Å². The third-order valence-corrected chi connectivity index (χ3v) is 6.99. The topological polar surface area (TPSA) is 160 Å². The number of amides is 1. The molecule has 0 bridgehead atoms. The van der Waals surface area contributed by atoms with Crippen molar-refractivity contribution in [2.24, 2.45) is 5.73 Å². The van der Waals surface area contributed by atoms with E-state index in [-0.39, 0.29) is 17.7 Å². The minimum atomic E-state index is -1.44. The molecule has 0 aliphatic carbocycles. The summed E-state index contributed by atoms with van der Waals surface area (Å²) in [6, 6.07) is 16.8. The molecule has 1 heterocycles. The lowest BCUT2D eigenvalue weighted by molar-refractivity contribution is -0.145. The van der Waals surface area contributed by atoms with E-state index in [1.807, 2.05) is 0 Å². The molecular weight excluding hydrogens is 568 g/mol. The van der Waals surface area contributed by atoms with Crippen molar-refractivity contribution in [1.29, 1.82) is 0 Å². The predicted molar refractivity (Wildman–Crippen MR) is 158 cm³/mol. The molecule has 0 radical (unpaired) electrons. The summed E-state index contributed by atoms with van der Waals surface area (Å²) >= 11 is 0. The van der Waals surface area contributed by atoms with Crippen molar-refractivity contribution in [3.8, 4) is 11.5 Å². The summed E-state index contributed by atoms with van der Waals surface area (Å²) in [5.41, 5.74) is 5.99. The van der Waals surface area contributed by atoms with E-state index in [2.05, 4.69) is 5.32 Å². The minimum Gasteiger partial charge on any atom is -0.464 e. The van der Waals surface area contributed by atoms with Gasteiger partial charge in [-0.15, -0.1) is 0 Å². The summed E-state index contributed by atoms with van der Waals surface area (Å²) < 4.78 is 21.6. The Kier molecular flexibility index (Phi) is 10.1. The van der Waals surface area contributed by atoms with Crippen molar-refractivity contribution in [1.82, 2.24) is 5.32 Å². The lowest BCUT2D eigenvalue weighted by Gasteiger charge is -2.30. The summed E-state index contributed by atoms with van der Waals surface area (Å²) in [6.45, 7) is 4.88. The second kappa shape index (κ2) is 14.0. The molecule has 230 valence electrons. The van der Waals surface area contributed by atoms with Gasteiger partial charge >= 0.3 is 23.9 Å². The van der Waals surface area contributed by atoms with E-state index in [1.54, 1.807) is 67.6 Å². The lowest BCUT2D eigenvalue weighted by Crippen LogP contribution is -2.42. The maximum atomic E-state index is 13.4. The van der Waals surface area contributed by atoms with Crippen LogP contribution in [0.2, 0.25) is 0 Å². The molecule has 44 heavy (non-hydrogen) atoms. The number of hydrogen-bond acceptors (Lipinski definition) is 10. The van der Waals surface area contributed by atoms with Gasteiger partial charge in [0.15, 0.2) is 5.60 Å². The van der Waals surface area contributed by atoms with Crippen molar-refractivity contribution in [3.63, 3.8) is 0 Å². The molecule has 1 amide bonds. The van der Waals surface area contributed by atoms with Gasteiger partial charge in [0.2, 0.25) is 0 Å². The Bertz CT molecular complexity index is 1490. The quantitative estimate of drug-likeness (QED) is 0.177. The van der Waals surface area contributed by atoms with Gasteiger partial charge in [-0.2, -0.15) is 0 Å². The van der Waals surface area contributed by atoms with Crippen molar-refractivity contribution >= 4 is 29.8 Å². The van der Waals surface area contributed by atoms with Crippen LogP contribution in [-0.2, 0) is 29.5 Å². The molecule has 1 aliphatic heterocycles. The summed E-state index contributed by atoms with van der Waals surface area (Å²) in [5.74, 6) is -2.13. The number of carbonyl (C=O) groups excluding carboxylic acids is 5. The smallest absolute Gasteiger partial charge is 0.340 e. The standard InChI is InChI=1S/C33H34N2O9/c1-4-41-32(40)29(7-5-6-18-34)35-30(38)22-8-17-28-27(19-22)31(39)44-33(28,23-9-13-25(14-10-23)42-20(2)36)24-11-15-26(16-12-24)43-21(3)37/h8-17,19,29H,4-7,18,34H2,1-3H3,(H,35,38). The number of unbranched alkanes of at least 4 members (excludes halogenated alkanes) is 1. The van der Waals surface area contributed by atoms with Gasteiger partial charge in [-0.25, -0.2) is 9.59 Å². The third kappa shape index (κ3) is 6.95. The maximum absolute atomic E-state index is 13.4. The molecule has 0 saturated heterocycles. The van der Waals surface area contributed by atoms with Crippen LogP contribution in [0.3, 0.4) is 0 Å². The zero-order valence-corrected chi connectivity index (χ0v) is 24.7. The number of nitrogens with one attached hydrogen (secondary N) is 1. The van der Waals surface area contributed by atoms with Gasteiger partial charge in [-0.05, 0) is 69.1 Å². The second-order valence-corrected chi connectivity index (χ2v) is 10.1. The highest BCUT2D eigenvalue weighted by Crippen LogP contribution is 2.47. The lowest BCUT2D eigenvalue weighted by atomic mass is 9.79. The number of benzene rings is 3. The summed E-state index contributed by atoms with van der Waals surface area (Å²) in [6.07, 6.45) is 1.65. The molecule has 0 aromatic heterocycles. The summed E-state index contributed by atoms with van der Waals surface area (Å²) in [5, 5.41) is 2.72. The van der Waals surface area contributed by atoms with Gasteiger partial charge in [-0.3, -0.25) is 14.4 Å². The molecule has 1 atom stereocenters. The van der Waals surface area contributed by atoms with Gasteiger partial charge in [0.1, 0.15) is 17.5 Å². The first kappa shape index (κ1) is 31.9. The number of nitrogens with two attached hydrogens (primary N) is 1. The van der Waals surface area contributed by atoms with Crippen LogP contribution in [0.25, 0.3) is 0 Å². The number of ether oxygens (including phenoxy) is 4. The molecule has 0 spiro atoms. The van der Waals surface area contributed by atoms with E-state index < -0.39 is 41.4 Å². The predicted octanol–water partition coefficient (Wildman–Crippen LogP) is 3.79. The molecule has 1 aliphatic rings. The average Bonchev–Trinajstić information content (AvgIpc) is 3.29. The number of rotatable bonds is 12. The molecule has 0 fully saturated rings. The van der Waals surface area contributed by atoms with Gasteiger partial charge in [0.25, 0.3) is 5.91 Å². The fourth-order valence-corrected chi connectivity index (χ4v) is 5.08. The fraction of sp³-hybridized carbons (Fsp3) is 0.303. The Morgan fingerprint density at radius 3 is 1.93 bits per heavy atom. The fourth-order valence-electron chi connectivity index (χ4n) is 5.08. The molecule has 3 N–H and O–H groups in total. The van der Waals surface area contributed by atoms with Crippen molar-refractivity contribution in [2.45, 2.75) is 51.7 Å². The zero-order valence-electron chi connectivity index (χ0n) is 24.7. The number of fused-ring (bicyclic) bond motifs is 1. The Balaban J connectivity index is 1.74. The van der Waals surface area contributed by atoms with Crippen LogP contribution in [0.4, 0.5) is 0 Å². The molecule has 3 aromatic carbocycles. The van der Waals surface area contributed by atoms with Gasteiger partial charge < -0.3 is 30.0 Å². The number of esters is 4. The molecule has 3 aromatic rings. The first-order valence-corrected chi connectivity index (χ1v) is 14.2. The molecule has 11 nitrogen and oxygen atoms in total. The van der Waals surface area contributed by atoms with Crippen LogP contribution in [0.15, 0.2) is 66.7 Å². The Hall–Kier alpha value is -5.03. The van der Waals surface area contributed by atoms with Gasteiger partial charge in [0.05, 0.1) is 12.2 Å². The monoisotopic (exact) mass is 602 g/mol. The largest absolute Gasteiger partial charge is 0.464 e. The van der Waals surface area contributed by atoms with E-state index in [0.717, 1.165) is 0 Å². The van der Waals surface area contributed by atoms with Crippen LogP contribution >= 0.6 is 0 Å². The third-order valence-electron chi connectivity index (χ3n) is 6.99. The Labute approximate surface area is 254 Å². The first-order chi connectivity index (χ1) is 21.1. The normalized spacial score (nSPS) is 13.7. The number of hydrogen-bond donors (Lipinski definition) is 2. The Morgan fingerprint density at radius 1 is 0.864 bits per heavy atom. The van der Waals surface area contributed by atoms with Crippen LogP contribution in [0.1, 0.15) is 77.4 Å². The Morgan fingerprint density at radius 2 is 1.43 bits per heavy atom. The van der Waals surface area contributed by atoms with Gasteiger partial charge in [-0.1, -0.05) is 30.3 Å². The summed E-state index contributed by atoms with van der Waals surface area (Å²) in [4.78, 5) is 62.1. The average molecular weight is 603 g/mol. The molecule has 4 rings (SSSR count). The second-order valence-electron chi connectivity index (χ2n) is 10.1. The highest BCUT2D eigenvalue weighted by molar-refractivity contribution is 6.02. The number of cyclic esters (lactones) is 1. The van der Waals surface area contributed by atoms with Crippen LogP contribution in [0, 0.1) is 0 Å². The maximum Gasteiger partial charge on any atom is 0.340 e. The molecule has 11 heteroatoms. The molecular formula is C33H34N2O9. The van der Waals surface area contributed by atoms with E-state index in [4.69, 9.17) is 24.7 Å². The highest BCUT2D eigenvalue weighted by Gasteiger charge is 2.49.